The Bertz CT molecular complexity index is 591. The Hall–Kier alpha value is -1.39. The summed E-state index contributed by atoms with van der Waals surface area (Å²) in [6, 6.07) is 2.03. The number of nitrogens with one attached hydrogen (secondary N) is 1. The highest BCUT2D eigenvalue weighted by Crippen LogP contribution is 2.20. The van der Waals surface area contributed by atoms with Crippen LogP contribution in [0.4, 0.5) is 0 Å². The highest BCUT2D eigenvalue weighted by molar-refractivity contribution is 6.31. The second-order valence-corrected chi connectivity index (χ2v) is 6.47. The van der Waals surface area contributed by atoms with E-state index in [2.05, 4.69) is 36.2 Å². The van der Waals surface area contributed by atoms with Crippen LogP contribution in [0.5, 0.6) is 0 Å². The summed E-state index contributed by atoms with van der Waals surface area (Å²) in [5.74, 6) is 0. The molecule has 20 heavy (non-hydrogen) atoms. The van der Waals surface area contributed by atoms with Crippen LogP contribution in [0.25, 0.3) is 5.69 Å². The highest BCUT2D eigenvalue weighted by Gasteiger charge is 2.13. The molecule has 0 atom stereocenters. The fraction of sp³-hybridized carbons (Fsp3) is 0.467. The van der Waals surface area contributed by atoms with Crippen molar-refractivity contribution in [1.82, 2.24) is 20.1 Å². The molecule has 0 saturated carbocycles. The van der Waals surface area contributed by atoms with Crippen molar-refractivity contribution in [3.63, 3.8) is 0 Å². The van der Waals surface area contributed by atoms with Crippen LogP contribution < -0.4 is 5.32 Å². The van der Waals surface area contributed by atoms with Gasteiger partial charge in [0, 0.05) is 35.7 Å². The summed E-state index contributed by atoms with van der Waals surface area (Å²) >= 11 is 6.11. The maximum Gasteiger partial charge on any atom is 0.0819 e. The molecule has 0 amide bonds. The molecule has 4 nitrogen and oxygen atoms in total. The Morgan fingerprint density at radius 1 is 1.30 bits per heavy atom. The molecule has 2 heterocycles. The molecule has 2 aromatic rings. The fourth-order valence-corrected chi connectivity index (χ4v) is 1.98. The Balaban J connectivity index is 2.38. The van der Waals surface area contributed by atoms with Gasteiger partial charge in [-0.05, 0) is 40.7 Å². The van der Waals surface area contributed by atoms with E-state index in [1.807, 2.05) is 37.0 Å². The second-order valence-electron chi connectivity index (χ2n) is 6.06. The molecule has 0 aliphatic rings. The summed E-state index contributed by atoms with van der Waals surface area (Å²) in [5, 5.41) is 8.61. The number of aromatic nitrogens is 3. The van der Waals surface area contributed by atoms with E-state index in [0.717, 1.165) is 29.2 Å². The van der Waals surface area contributed by atoms with Crippen molar-refractivity contribution in [2.75, 3.05) is 0 Å². The van der Waals surface area contributed by atoms with Gasteiger partial charge in [-0.2, -0.15) is 5.10 Å². The van der Waals surface area contributed by atoms with Gasteiger partial charge < -0.3 is 5.32 Å². The van der Waals surface area contributed by atoms with Crippen LogP contribution in [0.1, 0.15) is 37.7 Å². The van der Waals surface area contributed by atoms with Gasteiger partial charge in [-0.1, -0.05) is 11.6 Å². The first kappa shape index (κ1) is 15.0. The third-order valence-electron chi connectivity index (χ3n) is 2.99. The first-order valence-corrected chi connectivity index (χ1v) is 7.07. The van der Waals surface area contributed by atoms with Gasteiger partial charge in [-0.25, -0.2) is 4.68 Å². The SMILES string of the molecule is Cc1cc(-n2cc(Cl)c(C)n2)c(CNC(C)(C)C)cn1. The van der Waals surface area contributed by atoms with Crippen LogP contribution in [0.2, 0.25) is 5.02 Å². The summed E-state index contributed by atoms with van der Waals surface area (Å²) < 4.78 is 1.83. The fourth-order valence-electron chi connectivity index (χ4n) is 1.85. The summed E-state index contributed by atoms with van der Waals surface area (Å²) in [4.78, 5) is 4.38. The number of rotatable bonds is 3. The van der Waals surface area contributed by atoms with E-state index in [0.29, 0.717) is 5.02 Å². The number of hydrogen-bond donors (Lipinski definition) is 1. The third-order valence-corrected chi connectivity index (χ3v) is 3.36. The molecule has 0 aromatic carbocycles. The van der Waals surface area contributed by atoms with Crippen molar-refractivity contribution < 1.29 is 0 Å². The molecule has 5 heteroatoms. The van der Waals surface area contributed by atoms with Gasteiger partial charge in [0.15, 0.2) is 0 Å². The number of nitrogens with zero attached hydrogens (tertiary/aromatic N) is 3. The van der Waals surface area contributed by atoms with Crippen molar-refractivity contribution in [1.29, 1.82) is 0 Å². The minimum atomic E-state index is 0.0554. The summed E-state index contributed by atoms with van der Waals surface area (Å²) in [7, 11) is 0. The molecule has 2 rings (SSSR count). The Labute approximate surface area is 125 Å². The van der Waals surface area contributed by atoms with Crippen molar-refractivity contribution in [2.24, 2.45) is 0 Å². The minimum Gasteiger partial charge on any atom is -0.308 e. The van der Waals surface area contributed by atoms with E-state index >= 15 is 0 Å². The molecule has 0 aliphatic carbocycles. The first-order chi connectivity index (χ1) is 9.26. The lowest BCUT2D eigenvalue weighted by Gasteiger charge is -2.21. The quantitative estimate of drug-likeness (QED) is 0.942. The van der Waals surface area contributed by atoms with Gasteiger partial charge in [0.25, 0.3) is 0 Å². The number of hydrogen-bond acceptors (Lipinski definition) is 3. The normalized spacial score (nSPS) is 11.9. The molecule has 1 N–H and O–H groups in total. The molecule has 0 radical (unpaired) electrons. The van der Waals surface area contributed by atoms with Gasteiger partial charge >= 0.3 is 0 Å². The van der Waals surface area contributed by atoms with Crippen molar-refractivity contribution >= 4 is 11.6 Å². The van der Waals surface area contributed by atoms with Gasteiger partial charge in [-0.3, -0.25) is 4.98 Å². The lowest BCUT2D eigenvalue weighted by atomic mass is 10.1. The van der Waals surface area contributed by atoms with E-state index in [-0.39, 0.29) is 5.54 Å². The van der Waals surface area contributed by atoms with Crippen LogP contribution in [-0.2, 0) is 6.54 Å². The van der Waals surface area contributed by atoms with Crippen molar-refractivity contribution in [2.45, 2.75) is 46.7 Å². The molecular formula is C15H21ClN4. The van der Waals surface area contributed by atoms with Gasteiger partial charge in [0.05, 0.1) is 16.4 Å². The standard InChI is InChI=1S/C15H21ClN4/c1-10-6-14(20-9-13(16)11(2)19-20)12(7-17-10)8-18-15(3,4)5/h6-7,9,18H,8H2,1-5H3. The molecule has 0 spiro atoms. The maximum atomic E-state index is 6.11. The smallest absolute Gasteiger partial charge is 0.0819 e. The van der Waals surface area contributed by atoms with E-state index < -0.39 is 0 Å². The predicted octanol–water partition coefficient (Wildman–Crippen LogP) is 3.43. The topological polar surface area (TPSA) is 42.7 Å². The molecule has 0 saturated heterocycles. The summed E-state index contributed by atoms with van der Waals surface area (Å²) in [6.45, 7) is 11.0. The zero-order chi connectivity index (χ0) is 14.9. The average Bonchev–Trinajstić information content (AvgIpc) is 2.67. The van der Waals surface area contributed by atoms with E-state index in [1.165, 1.54) is 0 Å². The predicted molar refractivity (Wildman–Crippen MR) is 82.4 cm³/mol. The van der Waals surface area contributed by atoms with E-state index in [9.17, 15) is 0 Å². The largest absolute Gasteiger partial charge is 0.308 e. The van der Waals surface area contributed by atoms with Gasteiger partial charge in [-0.15, -0.1) is 0 Å². The third kappa shape index (κ3) is 3.58. The lowest BCUT2D eigenvalue weighted by molar-refractivity contribution is 0.423. The van der Waals surface area contributed by atoms with Crippen LogP contribution in [0.3, 0.4) is 0 Å². The Kier molecular flexibility index (Phi) is 4.16. The van der Waals surface area contributed by atoms with Crippen molar-refractivity contribution in [3.8, 4) is 5.69 Å². The first-order valence-electron chi connectivity index (χ1n) is 6.69. The van der Waals surface area contributed by atoms with E-state index in [4.69, 9.17) is 11.6 Å². The van der Waals surface area contributed by atoms with Crippen LogP contribution >= 0.6 is 11.6 Å². The maximum absolute atomic E-state index is 6.11. The van der Waals surface area contributed by atoms with Crippen LogP contribution in [-0.4, -0.2) is 20.3 Å². The molecule has 0 fully saturated rings. The van der Waals surface area contributed by atoms with Crippen LogP contribution in [0, 0.1) is 13.8 Å². The molecule has 2 aromatic heterocycles. The minimum absolute atomic E-state index is 0.0554. The number of aryl methyl sites for hydroxylation is 2. The molecular weight excluding hydrogens is 272 g/mol. The van der Waals surface area contributed by atoms with Gasteiger partial charge in [0.2, 0.25) is 0 Å². The van der Waals surface area contributed by atoms with Crippen LogP contribution in [0.15, 0.2) is 18.5 Å². The number of halogens is 1. The zero-order valence-corrected chi connectivity index (χ0v) is 13.4. The Morgan fingerprint density at radius 2 is 2.00 bits per heavy atom. The summed E-state index contributed by atoms with van der Waals surface area (Å²) in [5.41, 5.74) is 3.97. The molecule has 0 bridgehead atoms. The number of pyridine rings is 1. The van der Waals surface area contributed by atoms with E-state index in [1.54, 1.807) is 0 Å². The monoisotopic (exact) mass is 292 g/mol. The highest BCUT2D eigenvalue weighted by atomic mass is 35.5. The molecule has 0 unspecified atom stereocenters. The molecule has 0 aliphatic heterocycles. The Morgan fingerprint density at radius 3 is 2.55 bits per heavy atom. The molecule has 108 valence electrons. The lowest BCUT2D eigenvalue weighted by Crippen LogP contribution is -2.35. The zero-order valence-electron chi connectivity index (χ0n) is 12.7. The second kappa shape index (κ2) is 5.54. The van der Waals surface area contributed by atoms with Crippen molar-refractivity contribution in [3.05, 3.63) is 40.4 Å². The average molecular weight is 293 g/mol. The van der Waals surface area contributed by atoms with Gasteiger partial charge in [0.1, 0.15) is 0 Å². The summed E-state index contributed by atoms with van der Waals surface area (Å²) in [6.07, 6.45) is 3.74.